The highest BCUT2D eigenvalue weighted by molar-refractivity contribution is 5.75. The predicted molar refractivity (Wildman–Crippen MR) is 84.4 cm³/mol. The lowest BCUT2D eigenvalue weighted by Gasteiger charge is -2.04. The van der Waals surface area contributed by atoms with E-state index in [1.54, 1.807) is 0 Å². The second kappa shape index (κ2) is 15.5. The fraction of sp³-hybridized carbons (Fsp3) is 0.941. The van der Waals surface area contributed by atoms with E-state index in [1.807, 2.05) is 6.92 Å². The van der Waals surface area contributed by atoms with Crippen molar-refractivity contribution in [2.75, 3.05) is 6.54 Å². The first-order valence-corrected chi connectivity index (χ1v) is 8.58. The second-order valence-corrected chi connectivity index (χ2v) is 5.59. The van der Waals surface area contributed by atoms with Crippen LogP contribution in [0.5, 0.6) is 0 Å². The molecule has 0 fully saturated rings. The van der Waals surface area contributed by atoms with Crippen LogP contribution in [-0.4, -0.2) is 12.5 Å². The molecule has 0 atom stereocenters. The summed E-state index contributed by atoms with van der Waals surface area (Å²) in [7, 11) is 0. The van der Waals surface area contributed by atoms with Gasteiger partial charge in [-0.05, 0) is 6.42 Å². The summed E-state index contributed by atoms with van der Waals surface area (Å²) in [5.41, 5.74) is 0. The molecule has 0 aromatic rings. The molecule has 0 unspecified atom stereocenters. The number of nitrogens with one attached hydrogen (secondary N) is 1. The maximum absolute atomic E-state index is 11.0. The monoisotopic (exact) mass is 269 g/mol. The SMILES string of the molecule is CCCCCCCCCCCCCCNC(=O)CC. The summed E-state index contributed by atoms with van der Waals surface area (Å²) in [5, 5.41) is 2.93. The van der Waals surface area contributed by atoms with Gasteiger partial charge in [0.2, 0.25) is 5.91 Å². The van der Waals surface area contributed by atoms with Crippen LogP contribution in [0.2, 0.25) is 0 Å². The molecule has 0 saturated carbocycles. The number of amides is 1. The molecule has 0 aromatic heterocycles. The molecule has 1 N–H and O–H groups in total. The van der Waals surface area contributed by atoms with Gasteiger partial charge in [-0.2, -0.15) is 0 Å². The smallest absolute Gasteiger partial charge is 0.219 e. The number of hydrogen-bond donors (Lipinski definition) is 1. The highest BCUT2D eigenvalue weighted by Gasteiger charge is 1.96. The van der Waals surface area contributed by atoms with E-state index >= 15 is 0 Å². The second-order valence-electron chi connectivity index (χ2n) is 5.59. The van der Waals surface area contributed by atoms with Crippen molar-refractivity contribution in [3.8, 4) is 0 Å². The number of unbranched alkanes of at least 4 members (excludes halogenated alkanes) is 11. The van der Waals surface area contributed by atoms with Crippen LogP contribution in [0, 0.1) is 0 Å². The van der Waals surface area contributed by atoms with Crippen LogP contribution in [-0.2, 0) is 4.79 Å². The molecule has 0 bridgehead atoms. The molecule has 0 aliphatic heterocycles. The van der Waals surface area contributed by atoms with Crippen LogP contribution in [0.3, 0.4) is 0 Å². The van der Waals surface area contributed by atoms with Gasteiger partial charge in [-0.25, -0.2) is 0 Å². The van der Waals surface area contributed by atoms with Crippen LogP contribution in [0.25, 0.3) is 0 Å². The number of carbonyl (C=O) groups is 1. The van der Waals surface area contributed by atoms with Gasteiger partial charge < -0.3 is 5.32 Å². The molecule has 2 heteroatoms. The van der Waals surface area contributed by atoms with E-state index in [9.17, 15) is 4.79 Å². The van der Waals surface area contributed by atoms with E-state index in [0.29, 0.717) is 6.42 Å². The van der Waals surface area contributed by atoms with Gasteiger partial charge in [0.1, 0.15) is 0 Å². The van der Waals surface area contributed by atoms with Gasteiger partial charge in [0, 0.05) is 13.0 Å². The first-order chi connectivity index (χ1) is 9.31. The van der Waals surface area contributed by atoms with E-state index in [1.165, 1.54) is 70.6 Å². The molecule has 0 saturated heterocycles. The van der Waals surface area contributed by atoms with Gasteiger partial charge in [-0.15, -0.1) is 0 Å². The Bertz CT molecular complexity index is 192. The first-order valence-electron chi connectivity index (χ1n) is 8.58. The van der Waals surface area contributed by atoms with Gasteiger partial charge in [0.25, 0.3) is 0 Å². The molecule has 0 heterocycles. The van der Waals surface area contributed by atoms with E-state index in [4.69, 9.17) is 0 Å². The third-order valence-corrected chi connectivity index (χ3v) is 3.67. The van der Waals surface area contributed by atoms with Crippen molar-refractivity contribution >= 4 is 5.91 Å². The van der Waals surface area contributed by atoms with Gasteiger partial charge >= 0.3 is 0 Å². The minimum Gasteiger partial charge on any atom is -0.356 e. The third-order valence-electron chi connectivity index (χ3n) is 3.67. The Kier molecular flexibility index (Phi) is 15.1. The maximum atomic E-state index is 11.0. The minimum atomic E-state index is 0.183. The molecule has 0 aromatic carbocycles. The van der Waals surface area contributed by atoms with Crippen molar-refractivity contribution < 1.29 is 4.79 Å². The standard InChI is InChI=1S/C17H35NO/c1-3-5-6-7-8-9-10-11-12-13-14-15-16-18-17(19)4-2/h3-16H2,1-2H3,(H,18,19). The molecule has 0 spiro atoms. The molecule has 114 valence electrons. The topological polar surface area (TPSA) is 29.1 Å². The lowest BCUT2D eigenvalue weighted by Crippen LogP contribution is -2.23. The van der Waals surface area contributed by atoms with E-state index in [-0.39, 0.29) is 5.91 Å². The first kappa shape index (κ1) is 18.5. The normalized spacial score (nSPS) is 10.6. The molecule has 1 amide bonds. The summed E-state index contributed by atoms with van der Waals surface area (Å²) < 4.78 is 0. The van der Waals surface area contributed by atoms with Crippen LogP contribution in [0.1, 0.15) is 97.3 Å². The lowest BCUT2D eigenvalue weighted by atomic mass is 10.1. The molecule has 0 aliphatic rings. The molecule has 0 radical (unpaired) electrons. The van der Waals surface area contributed by atoms with Gasteiger partial charge in [-0.3, -0.25) is 4.79 Å². The van der Waals surface area contributed by atoms with Crippen molar-refractivity contribution in [3.05, 3.63) is 0 Å². The van der Waals surface area contributed by atoms with E-state index < -0.39 is 0 Å². The number of hydrogen-bond acceptors (Lipinski definition) is 1. The van der Waals surface area contributed by atoms with Crippen molar-refractivity contribution in [2.45, 2.75) is 97.3 Å². The fourth-order valence-electron chi connectivity index (χ4n) is 2.32. The lowest BCUT2D eigenvalue weighted by molar-refractivity contribution is -0.120. The van der Waals surface area contributed by atoms with Crippen molar-refractivity contribution in [1.82, 2.24) is 5.32 Å². The van der Waals surface area contributed by atoms with Crippen molar-refractivity contribution in [1.29, 1.82) is 0 Å². The molecule has 19 heavy (non-hydrogen) atoms. The summed E-state index contributed by atoms with van der Waals surface area (Å²) >= 11 is 0. The zero-order chi connectivity index (χ0) is 14.2. The molecule has 0 rings (SSSR count). The number of rotatable bonds is 14. The molecular weight excluding hydrogens is 234 g/mol. The summed E-state index contributed by atoms with van der Waals surface area (Å²) in [6, 6.07) is 0. The highest BCUT2D eigenvalue weighted by atomic mass is 16.1. The Morgan fingerprint density at radius 2 is 1.11 bits per heavy atom. The minimum absolute atomic E-state index is 0.183. The summed E-state index contributed by atoms with van der Waals surface area (Å²) in [4.78, 5) is 11.0. The largest absolute Gasteiger partial charge is 0.356 e. The summed E-state index contributed by atoms with van der Waals surface area (Å²) in [6.07, 6.45) is 17.0. The Morgan fingerprint density at radius 3 is 1.53 bits per heavy atom. The van der Waals surface area contributed by atoms with Crippen LogP contribution < -0.4 is 5.32 Å². The van der Waals surface area contributed by atoms with E-state index in [2.05, 4.69) is 12.2 Å². The molecule has 2 nitrogen and oxygen atoms in total. The zero-order valence-electron chi connectivity index (χ0n) is 13.3. The van der Waals surface area contributed by atoms with Gasteiger partial charge in [-0.1, -0.05) is 84.5 Å². The van der Waals surface area contributed by atoms with Crippen molar-refractivity contribution in [2.24, 2.45) is 0 Å². The summed E-state index contributed by atoms with van der Waals surface area (Å²) in [6.45, 7) is 5.04. The van der Waals surface area contributed by atoms with Crippen LogP contribution in [0.15, 0.2) is 0 Å². The van der Waals surface area contributed by atoms with Crippen LogP contribution >= 0.6 is 0 Å². The third kappa shape index (κ3) is 15.4. The Hall–Kier alpha value is -0.530. The Balaban J connectivity index is 2.97. The van der Waals surface area contributed by atoms with Crippen LogP contribution in [0.4, 0.5) is 0 Å². The highest BCUT2D eigenvalue weighted by Crippen LogP contribution is 2.11. The maximum Gasteiger partial charge on any atom is 0.219 e. The zero-order valence-corrected chi connectivity index (χ0v) is 13.3. The molecule has 0 aliphatic carbocycles. The molecular formula is C17H35NO. The average Bonchev–Trinajstić information content (AvgIpc) is 2.43. The Morgan fingerprint density at radius 1 is 0.684 bits per heavy atom. The fourth-order valence-corrected chi connectivity index (χ4v) is 2.32. The van der Waals surface area contributed by atoms with Gasteiger partial charge in [0.05, 0.1) is 0 Å². The quantitative estimate of drug-likeness (QED) is 0.431. The number of carbonyl (C=O) groups excluding carboxylic acids is 1. The van der Waals surface area contributed by atoms with E-state index in [0.717, 1.165) is 13.0 Å². The predicted octanol–water partition coefficient (Wildman–Crippen LogP) is 5.21. The van der Waals surface area contributed by atoms with Gasteiger partial charge in [0.15, 0.2) is 0 Å². The Labute approximate surface area is 120 Å². The summed E-state index contributed by atoms with van der Waals surface area (Å²) in [5.74, 6) is 0.183. The average molecular weight is 269 g/mol. The van der Waals surface area contributed by atoms with Crippen molar-refractivity contribution in [3.63, 3.8) is 0 Å².